The van der Waals surface area contributed by atoms with Crippen LogP contribution in [-0.4, -0.2) is 12.6 Å². The predicted octanol–water partition coefficient (Wildman–Crippen LogP) is 2.85. The molecule has 1 atom stereocenters. The van der Waals surface area contributed by atoms with E-state index in [0.29, 0.717) is 0 Å². The van der Waals surface area contributed by atoms with E-state index < -0.39 is 17.8 Å². The summed E-state index contributed by atoms with van der Waals surface area (Å²) < 4.78 is 18.3. The van der Waals surface area contributed by atoms with Crippen molar-refractivity contribution in [2.45, 2.75) is 19.4 Å². The molecule has 6 heteroatoms. The standard InChI is InChI=1S/C11H13ClFNO2.ClH/c1-2-16-10(15)6-9(14)7-4-3-5-8(12)11(7)13;/h3-5,9H,2,6,14H2,1H3;1H/t9-;/m0./s1. The van der Waals surface area contributed by atoms with Gasteiger partial charge in [0.15, 0.2) is 0 Å². The van der Waals surface area contributed by atoms with Gasteiger partial charge in [-0.3, -0.25) is 4.79 Å². The molecule has 3 nitrogen and oxygen atoms in total. The summed E-state index contributed by atoms with van der Waals surface area (Å²) in [5.74, 6) is -1.03. The van der Waals surface area contributed by atoms with Crippen LogP contribution < -0.4 is 5.73 Å². The Morgan fingerprint density at radius 1 is 1.59 bits per heavy atom. The smallest absolute Gasteiger partial charge is 0.307 e. The molecule has 0 heterocycles. The minimum absolute atomic E-state index is 0. The lowest BCUT2D eigenvalue weighted by molar-refractivity contribution is -0.143. The second kappa shape index (κ2) is 7.48. The number of halogens is 3. The van der Waals surface area contributed by atoms with Crippen LogP contribution in [0.3, 0.4) is 0 Å². The number of hydrogen-bond acceptors (Lipinski definition) is 3. The molecular weight excluding hydrogens is 268 g/mol. The molecule has 0 saturated heterocycles. The van der Waals surface area contributed by atoms with Gasteiger partial charge < -0.3 is 10.5 Å². The topological polar surface area (TPSA) is 52.3 Å². The summed E-state index contributed by atoms with van der Waals surface area (Å²) in [6.07, 6.45) is -0.0644. The molecule has 0 unspecified atom stereocenters. The molecule has 0 spiro atoms. The quantitative estimate of drug-likeness (QED) is 0.864. The number of benzene rings is 1. The number of carbonyl (C=O) groups excluding carboxylic acids is 1. The van der Waals surface area contributed by atoms with Crippen molar-refractivity contribution < 1.29 is 13.9 Å². The SMILES string of the molecule is CCOC(=O)C[C@H](N)c1cccc(Cl)c1F.Cl. The molecule has 0 fully saturated rings. The zero-order chi connectivity index (χ0) is 12.1. The Morgan fingerprint density at radius 2 is 2.24 bits per heavy atom. The van der Waals surface area contributed by atoms with Crippen LogP contribution >= 0.6 is 24.0 Å². The number of hydrogen-bond donors (Lipinski definition) is 1. The van der Waals surface area contributed by atoms with Crippen LogP contribution in [0, 0.1) is 5.82 Å². The van der Waals surface area contributed by atoms with Gasteiger partial charge in [-0.2, -0.15) is 0 Å². The number of nitrogens with two attached hydrogens (primary N) is 1. The number of esters is 1. The van der Waals surface area contributed by atoms with Crippen molar-refractivity contribution in [1.29, 1.82) is 0 Å². The van der Waals surface area contributed by atoms with Crippen molar-refractivity contribution in [2.75, 3.05) is 6.61 Å². The summed E-state index contributed by atoms with van der Waals surface area (Å²) in [5.41, 5.74) is 5.92. The third kappa shape index (κ3) is 4.50. The monoisotopic (exact) mass is 281 g/mol. The average molecular weight is 282 g/mol. The van der Waals surface area contributed by atoms with Crippen molar-refractivity contribution in [1.82, 2.24) is 0 Å². The van der Waals surface area contributed by atoms with E-state index in [1.54, 1.807) is 13.0 Å². The molecule has 1 aromatic carbocycles. The van der Waals surface area contributed by atoms with E-state index >= 15 is 0 Å². The molecule has 0 aliphatic heterocycles. The fraction of sp³-hybridized carbons (Fsp3) is 0.364. The lowest BCUT2D eigenvalue weighted by Crippen LogP contribution is -2.18. The van der Waals surface area contributed by atoms with Gasteiger partial charge in [-0.25, -0.2) is 4.39 Å². The van der Waals surface area contributed by atoms with Crippen molar-refractivity contribution >= 4 is 30.0 Å². The summed E-state index contributed by atoms with van der Waals surface area (Å²) in [6, 6.07) is 3.78. The maximum absolute atomic E-state index is 13.5. The van der Waals surface area contributed by atoms with Gasteiger partial charge in [0.1, 0.15) is 5.82 Å². The van der Waals surface area contributed by atoms with Crippen LogP contribution in [0.1, 0.15) is 24.9 Å². The Hall–Kier alpha value is -0.840. The van der Waals surface area contributed by atoms with E-state index in [0.717, 1.165) is 0 Å². The maximum Gasteiger partial charge on any atom is 0.307 e. The minimum atomic E-state index is -0.738. The Bertz CT molecular complexity index is 388. The highest BCUT2D eigenvalue weighted by molar-refractivity contribution is 6.30. The Kier molecular flexibility index (Phi) is 7.11. The van der Waals surface area contributed by atoms with Gasteiger partial charge in [-0.1, -0.05) is 23.7 Å². The number of carbonyl (C=O) groups is 1. The van der Waals surface area contributed by atoms with E-state index in [-0.39, 0.29) is 36.0 Å². The molecule has 1 rings (SSSR count). The lowest BCUT2D eigenvalue weighted by Gasteiger charge is -2.12. The van der Waals surface area contributed by atoms with E-state index in [1.807, 2.05) is 0 Å². The minimum Gasteiger partial charge on any atom is -0.466 e. The van der Waals surface area contributed by atoms with E-state index in [4.69, 9.17) is 22.1 Å². The molecule has 0 aliphatic rings. The van der Waals surface area contributed by atoms with E-state index in [2.05, 4.69) is 0 Å². The Labute approximate surface area is 110 Å². The first kappa shape index (κ1) is 16.2. The van der Waals surface area contributed by atoms with Gasteiger partial charge in [-0.05, 0) is 13.0 Å². The summed E-state index contributed by atoms with van der Waals surface area (Å²) in [5, 5.41) is -0.00295. The normalized spacial score (nSPS) is 11.5. The zero-order valence-electron chi connectivity index (χ0n) is 9.28. The first-order valence-corrected chi connectivity index (χ1v) is 5.29. The van der Waals surface area contributed by atoms with Crippen LogP contribution in [0.5, 0.6) is 0 Å². The molecule has 0 bridgehead atoms. The average Bonchev–Trinajstić information content (AvgIpc) is 2.22. The van der Waals surface area contributed by atoms with Crippen molar-refractivity contribution in [3.05, 3.63) is 34.6 Å². The molecule has 1 aromatic rings. The zero-order valence-corrected chi connectivity index (χ0v) is 10.9. The highest BCUT2D eigenvalue weighted by Gasteiger charge is 2.17. The van der Waals surface area contributed by atoms with Gasteiger partial charge in [0.2, 0.25) is 0 Å². The fourth-order valence-electron chi connectivity index (χ4n) is 1.32. The Morgan fingerprint density at radius 3 is 2.82 bits per heavy atom. The van der Waals surface area contributed by atoms with Crippen LogP contribution in [0.15, 0.2) is 18.2 Å². The first-order chi connectivity index (χ1) is 7.56. The number of rotatable bonds is 4. The van der Waals surface area contributed by atoms with Crippen LogP contribution in [0.4, 0.5) is 4.39 Å². The molecular formula is C11H14Cl2FNO2. The molecule has 96 valence electrons. The Balaban J connectivity index is 0.00000256. The second-order valence-corrected chi connectivity index (χ2v) is 3.67. The summed E-state index contributed by atoms with van der Waals surface area (Å²) >= 11 is 5.61. The molecule has 0 amide bonds. The summed E-state index contributed by atoms with van der Waals surface area (Å²) in [4.78, 5) is 11.2. The maximum atomic E-state index is 13.5. The molecule has 2 N–H and O–H groups in total. The third-order valence-electron chi connectivity index (χ3n) is 2.07. The number of ether oxygens (including phenoxy) is 1. The van der Waals surface area contributed by atoms with Crippen LogP contribution in [0.25, 0.3) is 0 Å². The van der Waals surface area contributed by atoms with Crippen LogP contribution in [0.2, 0.25) is 5.02 Å². The van der Waals surface area contributed by atoms with Crippen LogP contribution in [-0.2, 0) is 9.53 Å². The van der Waals surface area contributed by atoms with Gasteiger partial charge in [-0.15, -0.1) is 12.4 Å². The largest absolute Gasteiger partial charge is 0.466 e. The second-order valence-electron chi connectivity index (χ2n) is 3.26. The van der Waals surface area contributed by atoms with Gasteiger partial charge in [0.25, 0.3) is 0 Å². The summed E-state index contributed by atoms with van der Waals surface area (Å²) in [7, 11) is 0. The summed E-state index contributed by atoms with van der Waals surface area (Å²) in [6.45, 7) is 1.98. The molecule has 0 saturated carbocycles. The lowest BCUT2D eigenvalue weighted by atomic mass is 10.0. The molecule has 0 aromatic heterocycles. The first-order valence-electron chi connectivity index (χ1n) is 4.91. The third-order valence-corrected chi connectivity index (χ3v) is 2.36. The van der Waals surface area contributed by atoms with Gasteiger partial charge >= 0.3 is 5.97 Å². The highest BCUT2D eigenvalue weighted by Crippen LogP contribution is 2.23. The molecule has 0 aliphatic carbocycles. The van der Waals surface area contributed by atoms with Crippen molar-refractivity contribution in [3.8, 4) is 0 Å². The van der Waals surface area contributed by atoms with Gasteiger partial charge in [0, 0.05) is 11.6 Å². The predicted molar refractivity (Wildman–Crippen MR) is 66.8 cm³/mol. The van der Waals surface area contributed by atoms with Crippen molar-refractivity contribution in [2.24, 2.45) is 5.73 Å². The van der Waals surface area contributed by atoms with Crippen molar-refractivity contribution in [3.63, 3.8) is 0 Å². The van der Waals surface area contributed by atoms with Gasteiger partial charge in [0.05, 0.1) is 18.1 Å². The fourth-order valence-corrected chi connectivity index (χ4v) is 1.50. The molecule has 0 radical (unpaired) electrons. The highest BCUT2D eigenvalue weighted by atomic mass is 35.5. The molecule has 17 heavy (non-hydrogen) atoms. The van der Waals surface area contributed by atoms with E-state index in [9.17, 15) is 9.18 Å². The van der Waals surface area contributed by atoms with E-state index in [1.165, 1.54) is 12.1 Å².